The molecule has 0 spiro atoms. The maximum Gasteiger partial charge on any atom is 0.256 e. The number of likely N-dealkylation sites (N-methyl/N-ethyl adjacent to an activating group) is 1. The molecule has 8 nitrogen and oxygen atoms in total. The zero-order valence-corrected chi connectivity index (χ0v) is 22.5. The number of hydrogen-bond acceptors (Lipinski definition) is 5. The summed E-state index contributed by atoms with van der Waals surface area (Å²) >= 11 is 12.8. The minimum absolute atomic E-state index is 0.229. The number of anilines is 2. The number of hydrogen-bond donors (Lipinski definition) is 3. The highest BCUT2D eigenvalue weighted by molar-refractivity contribution is 6.36. The monoisotopic (exact) mass is 547 g/mol. The van der Waals surface area contributed by atoms with Crippen molar-refractivity contribution < 1.29 is 4.79 Å². The third-order valence-corrected chi connectivity index (χ3v) is 6.89. The third-order valence-electron chi connectivity index (χ3n) is 6.18. The predicted molar refractivity (Wildman–Crippen MR) is 154 cm³/mol. The van der Waals surface area contributed by atoms with Crippen LogP contribution in [0.25, 0.3) is 22.3 Å². The van der Waals surface area contributed by atoms with Crippen LogP contribution in [-0.2, 0) is 6.54 Å². The molecule has 0 aliphatic heterocycles. The summed E-state index contributed by atoms with van der Waals surface area (Å²) in [5.41, 5.74) is 5.82. The normalized spacial score (nSPS) is 11.3. The number of imidazole rings is 1. The van der Waals surface area contributed by atoms with E-state index in [0.29, 0.717) is 28.0 Å². The molecular weight excluding hydrogens is 521 g/mol. The Balaban J connectivity index is 1.29. The summed E-state index contributed by atoms with van der Waals surface area (Å²) in [6.45, 7) is 2.25. The Morgan fingerprint density at radius 1 is 1.03 bits per heavy atom. The highest BCUT2D eigenvalue weighted by Crippen LogP contribution is 2.28. The molecule has 5 rings (SSSR count). The van der Waals surface area contributed by atoms with Crippen molar-refractivity contribution in [3.63, 3.8) is 0 Å². The van der Waals surface area contributed by atoms with Gasteiger partial charge < -0.3 is 20.1 Å². The number of aromatic amines is 1. The van der Waals surface area contributed by atoms with Crippen LogP contribution in [0.4, 0.5) is 11.5 Å². The van der Waals surface area contributed by atoms with Crippen LogP contribution < -0.4 is 10.6 Å². The number of amides is 1. The van der Waals surface area contributed by atoms with Crippen molar-refractivity contribution in [2.24, 2.45) is 0 Å². The number of nitrogens with zero attached hydrogens (tertiary/aromatic N) is 4. The molecule has 0 saturated heterocycles. The van der Waals surface area contributed by atoms with Crippen LogP contribution in [-0.4, -0.2) is 57.7 Å². The molecule has 1 amide bonds. The molecule has 2 aromatic heterocycles. The summed E-state index contributed by atoms with van der Waals surface area (Å²) in [6.07, 6.45) is 1.77. The van der Waals surface area contributed by atoms with Crippen molar-refractivity contribution in [2.75, 3.05) is 37.8 Å². The van der Waals surface area contributed by atoms with Crippen molar-refractivity contribution in [1.82, 2.24) is 24.6 Å². The van der Waals surface area contributed by atoms with E-state index in [1.54, 1.807) is 18.5 Å². The maximum atomic E-state index is 12.8. The molecule has 0 unspecified atom stereocenters. The molecule has 0 atom stereocenters. The summed E-state index contributed by atoms with van der Waals surface area (Å²) in [7, 11) is 4.06. The van der Waals surface area contributed by atoms with Gasteiger partial charge in [0.25, 0.3) is 5.91 Å². The maximum absolute atomic E-state index is 12.8. The molecule has 0 saturated carbocycles. The summed E-state index contributed by atoms with van der Waals surface area (Å²) in [6, 6.07) is 20.6. The Kier molecular flexibility index (Phi) is 7.64. The standard InChI is InChI=1S/C28H27Cl2N7O/c1-36(2)13-12-31-20-9-6-18(7-10-20)28(38)33-27-15-25(34-35-27)19-8-11-24-26(14-19)37(17-32-24)16-21-22(29)4-3-5-23(21)30/h3-11,14-15,17,31H,12-13,16H2,1-2H3,(H2,33,34,35,38). The number of aromatic nitrogens is 4. The van der Waals surface area contributed by atoms with Crippen LogP contribution in [0.5, 0.6) is 0 Å². The second kappa shape index (κ2) is 11.3. The van der Waals surface area contributed by atoms with Gasteiger partial charge in [-0.2, -0.15) is 5.10 Å². The van der Waals surface area contributed by atoms with Crippen LogP contribution >= 0.6 is 23.2 Å². The van der Waals surface area contributed by atoms with E-state index in [9.17, 15) is 4.79 Å². The smallest absolute Gasteiger partial charge is 0.256 e. The van der Waals surface area contributed by atoms with E-state index < -0.39 is 0 Å². The first-order valence-electron chi connectivity index (χ1n) is 12.1. The lowest BCUT2D eigenvalue weighted by Gasteiger charge is -2.11. The van der Waals surface area contributed by atoms with Crippen molar-refractivity contribution in [2.45, 2.75) is 6.54 Å². The molecule has 38 heavy (non-hydrogen) atoms. The molecule has 0 aliphatic rings. The molecule has 0 bridgehead atoms. The van der Waals surface area contributed by atoms with E-state index in [4.69, 9.17) is 23.2 Å². The molecule has 10 heteroatoms. The summed E-state index contributed by atoms with van der Waals surface area (Å²) in [5.74, 6) is 0.211. The fraction of sp³-hybridized carbons (Fsp3) is 0.179. The minimum Gasteiger partial charge on any atom is -0.384 e. The quantitative estimate of drug-likeness (QED) is 0.210. The molecule has 194 valence electrons. The number of benzene rings is 3. The van der Waals surface area contributed by atoms with Gasteiger partial charge in [0.15, 0.2) is 5.82 Å². The van der Waals surface area contributed by atoms with Gasteiger partial charge in [-0.05, 0) is 62.6 Å². The topological polar surface area (TPSA) is 90.9 Å². The van der Waals surface area contributed by atoms with Crippen molar-refractivity contribution >= 4 is 51.6 Å². The molecule has 0 aliphatic carbocycles. The molecule has 3 aromatic carbocycles. The van der Waals surface area contributed by atoms with Crippen LogP contribution in [0.15, 0.2) is 73.1 Å². The van der Waals surface area contributed by atoms with Gasteiger partial charge in [0.05, 0.1) is 29.6 Å². The molecule has 5 aromatic rings. The number of halogens is 2. The minimum atomic E-state index is -0.229. The largest absolute Gasteiger partial charge is 0.384 e. The molecule has 0 radical (unpaired) electrons. The fourth-order valence-electron chi connectivity index (χ4n) is 4.09. The van der Waals surface area contributed by atoms with E-state index in [1.807, 2.05) is 73.3 Å². The molecule has 3 N–H and O–H groups in total. The van der Waals surface area contributed by atoms with Crippen molar-refractivity contribution in [3.8, 4) is 11.3 Å². The first-order valence-corrected chi connectivity index (χ1v) is 12.9. The Morgan fingerprint density at radius 3 is 2.53 bits per heavy atom. The SMILES string of the molecule is CN(C)CCNc1ccc(C(=O)Nc2cc(-c3ccc4ncn(Cc5c(Cl)cccc5Cl)c4c3)[nH]n2)cc1. The van der Waals surface area contributed by atoms with E-state index in [0.717, 1.165) is 46.6 Å². The first kappa shape index (κ1) is 25.8. The van der Waals surface area contributed by atoms with Crippen LogP contribution in [0.2, 0.25) is 10.0 Å². The van der Waals surface area contributed by atoms with Gasteiger partial charge in [0.2, 0.25) is 0 Å². The number of H-pyrrole nitrogens is 1. The van der Waals surface area contributed by atoms with Gasteiger partial charge in [0, 0.05) is 51.6 Å². The highest BCUT2D eigenvalue weighted by Gasteiger charge is 2.13. The lowest BCUT2D eigenvalue weighted by Crippen LogP contribution is -2.20. The Labute approximate surface area is 230 Å². The second-order valence-corrected chi connectivity index (χ2v) is 10.0. The lowest BCUT2D eigenvalue weighted by molar-refractivity contribution is 0.102. The molecule has 2 heterocycles. The first-order chi connectivity index (χ1) is 18.4. The average molecular weight is 548 g/mol. The summed E-state index contributed by atoms with van der Waals surface area (Å²) in [5, 5.41) is 14.7. The summed E-state index contributed by atoms with van der Waals surface area (Å²) in [4.78, 5) is 19.4. The average Bonchev–Trinajstić information content (AvgIpc) is 3.53. The Hall–Kier alpha value is -3.85. The van der Waals surface area contributed by atoms with Crippen molar-refractivity contribution in [3.05, 3.63) is 94.2 Å². The van der Waals surface area contributed by atoms with Crippen LogP contribution in [0, 0.1) is 0 Å². The Bertz CT molecular complexity index is 1550. The van der Waals surface area contributed by atoms with Gasteiger partial charge in [0.1, 0.15) is 0 Å². The predicted octanol–water partition coefficient (Wildman–Crippen LogP) is 6.01. The number of carbonyl (C=O) groups is 1. The van der Waals surface area contributed by atoms with Gasteiger partial charge in [-0.15, -0.1) is 0 Å². The number of nitrogens with one attached hydrogen (secondary N) is 3. The molecule has 0 fully saturated rings. The van der Waals surface area contributed by atoms with Crippen molar-refractivity contribution in [1.29, 1.82) is 0 Å². The fourth-order valence-corrected chi connectivity index (χ4v) is 4.61. The van der Waals surface area contributed by atoms with Gasteiger partial charge in [-0.3, -0.25) is 9.89 Å². The highest BCUT2D eigenvalue weighted by atomic mass is 35.5. The van der Waals surface area contributed by atoms with Crippen LogP contribution in [0.3, 0.4) is 0 Å². The zero-order chi connectivity index (χ0) is 26.6. The van der Waals surface area contributed by atoms with Crippen LogP contribution in [0.1, 0.15) is 15.9 Å². The van der Waals surface area contributed by atoms with E-state index in [2.05, 4.69) is 30.7 Å². The van der Waals surface area contributed by atoms with E-state index in [1.165, 1.54) is 0 Å². The van der Waals surface area contributed by atoms with Gasteiger partial charge in [-0.1, -0.05) is 35.3 Å². The van der Waals surface area contributed by atoms with Gasteiger partial charge >= 0.3 is 0 Å². The summed E-state index contributed by atoms with van der Waals surface area (Å²) < 4.78 is 2.00. The number of rotatable bonds is 9. The second-order valence-electron chi connectivity index (χ2n) is 9.20. The number of carbonyl (C=O) groups excluding carboxylic acids is 1. The zero-order valence-electron chi connectivity index (χ0n) is 21.0. The number of fused-ring (bicyclic) bond motifs is 1. The van der Waals surface area contributed by atoms with Gasteiger partial charge in [-0.25, -0.2) is 4.98 Å². The Morgan fingerprint density at radius 2 is 1.79 bits per heavy atom. The lowest BCUT2D eigenvalue weighted by atomic mass is 10.1. The van der Waals surface area contributed by atoms with E-state index in [-0.39, 0.29) is 5.91 Å². The van der Waals surface area contributed by atoms with E-state index >= 15 is 0 Å². The molecular formula is C28H27Cl2N7O. The third kappa shape index (κ3) is 5.83.